The zero-order valence-electron chi connectivity index (χ0n) is 10.6. The van der Waals surface area contributed by atoms with Gasteiger partial charge in [0.15, 0.2) is 0 Å². The quantitative estimate of drug-likeness (QED) is 0.715. The van der Waals surface area contributed by atoms with Crippen molar-refractivity contribution in [1.82, 2.24) is 0 Å². The number of hydrogen-bond acceptors (Lipinski definition) is 3. The van der Waals surface area contributed by atoms with Crippen molar-refractivity contribution in [2.24, 2.45) is 8.73 Å². The van der Waals surface area contributed by atoms with Crippen LogP contribution in [0, 0.1) is 6.92 Å². The summed E-state index contributed by atoms with van der Waals surface area (Å²) in [6.45, 7) is 1.98. The van der Waals surface area contributed by atoms with Gasteiger partial charge in [0, 0.05) is 10.0 Å². The number of nitrogens with one attached hydrogen (secondary N) is 1. The Morgan fingerprint density at radius 1 is 1.25 bits per heavy atom. The summed E-state index contributed by atoms with van der Waals surface area (Å²) in [6, 6.07) is 11.1. The minimum absolute atomic E-state index is 0.161. The van der Waals surface area contributed by atoms with Crippen molar-refractivity contribution in [3.63, 3.8) is 0 Å². The summed E-state index contributed by atoms with van der Waals surface area (Å²) < 4.78 is 9.28. The van der Waals surface area contributed by atoms with Gasteiger partial charge in [0.1, 0.15) is 11.4 Å². The number of carbonyl (C=O) groups is 1. The average molecular weight is 348 g/mol. The van der Waals surface area contributed by atoms with Gasteiger partial charge in [-0.1, -0.05) is 28.1 Å². The van der Waals surface area contributed by atoms with E-state index in [-0.39, 0.29) is 5.91 Å². The Morgan fingerprint density at radius 2 is 2.10 bits per heavy atom. The van der Waals surface area contributed by atoms with Gasteiger partial charge in [-0.25, -0.2) is 0 Å². The molecular formula is C14H10BrN3OS. The van der Waals surface area contributed by atoms with Crippen LogP contribution in [0.3, 0.4) is 0 Å². The third kappa shape index (κ3) is 2.44. The van der Waals surface area contributed by atoms with E-state index in [9.17, 15) is 4.79 Å². The van der Waals surface area contributed by atoms with Crippen molar-refractivity contribution >= 4 is 50.3 Å². The second kappa shape index (κ2) is 5.30. The van der Waals surface area contributed by atoms with Crippen LogP contribution >= 0.6 is 15.9 Å². The SMILES string of the molecule is Cc1ccc(C(=O)Nc2cccc3c2N=S=N3)cc1Br. The molecule has 1 aliphatic rings. The second-order valence-corrected chi connectivity index (χ2v) is 5.74. The number of anilines is 1. The van der Waals surface area contributed by atoms with E-state index in [2.05, 4.69) is 30.0 Å². The highest BCUT2D eigenvalue weighted by Crippen LogP contribution is 2.38. The first-order valence-corrected chi connectivity index (χ1v) is 7.46. The van der Waals surface area contributed by atoms with Crippen LogP contribution in [-0.2, 0) is 11.4 Å². The van der Waals surface area contributed by atoms with Crippen molar-refractivity contribution in [3.8, 4) is 0 Å². The van der Waals surface area contributed by atoms with Crippen LogP contribution in [0.2, 0.25) is 0 Å². The molecule has 6 heteroatoms. The highest BCUT2D eigenvalue weighted by Gasteiger charge is 2.14. The molecule has 1 N–H and O–H groups in total. The number of nitrogens with zero attached hydrogens (tertiary/aromatic N) is 2. The van der Waals surface area contributed by atoms with Crippen LogP contribution in [0.25, 0.3) is 0 Å². The van der Waals surface area contributed by atoms with Gasteiger partial charge in [-0.15, -0.1) is 0 Å². The van der Waals surface area contributed by atoms with Crippen LogP contribution in [0.1, 0.15) is 15.9 Å². The molecule has 0 atom stereocenters. The van der Waals surface area contributed by atoms with Gasteiger partial charge in [0.2, 0.25) is 0 Å². The first-order valence-electron chi connectivity index (χ1n) is 5.94. The van der Waals surface area contributed by atoms with Crippen molar-refractivity contribution in [1.29, 1.82) is 0 Å². The van der Waals surface area contributed by atoms with Crippen LogP contribution in [0.15, 0.2) is 49.6 Å². The number of aryl methyl sites for hydroxylation is 1. The summed E-state index contributed by atoms with van der Waals surface area (Å²) >= 11 is 4.57. The topological polar surface area (TPSA) is 53.8 Å². The van der Waals surface area contributed by atoms with E-state index >= 15 is 0 Å². The molecule has 0 unspecified atom stereocenters. The third-order valence-corrected chi connectivity index (χ3v) is 4.37. The molecule has 0 aromatic heterocycles. The summed E-state index contributed by atoms with van der Waals surface area (Å²) in [4.78, 5) is 12.3. The number of halogens is 1. The van der Waals surface area contributed by atoms with E-state index in [1.54, 1.807) is 6.07 Å². The van der Waals surface area contributed by atoms with Crippen molar-refractivity contribution in [3.05, 3.63) is 52.0 Å². The van der Waals surface area contributed by atoms with E-state index in [0.29, 0.717) is 11.3 Å². The van der Waals surface area contributed by atoms with Gasteiger partial charge >= 0.3 is 0 Å². The molecule has 0 fully saturated rings. The Morgan fingerprint density at radius 3 is 2.90 bits per heavy atom. The molecule has 0 saturated carbocycles. The standard InChI is InChI=1S/C14H10BrN3OS/c1-8-5-6-9(7-10(8)15)14(19)16-11-3-2-4-12-13(11)18-20-17-12/h2-7H,1H3,(H,16,19). The predicted molar refractivity (Wildman–Crippen MR) is 84.8 cm³/mol. The fourth-order valence-corrected chi connectivity index (χ4v) is 2.76. The molecule has 0 aliphatic carbocycles. The third-order valence-electron chi connectivity index (χ3n) is 2.97. The molecule has 0 radical (unpaired) electrons. The minimum Gasteiger partial charge on any atom is -0.320 e. The fraction of sp³-hybridized carbons (Fsp3) is 0.0714. The van der Waals surface area contributed by atoms with Crippen LogP contribution < -0.4 is 5.32 Å². The molecule has 1 heterocycles. The molecule has 3 rings (SSSR count). The number of rotatable bonds is 2. The molecule has 20 heavy (non-hydrogen) atoms. The molecule has 0 saturated heterocycles. The minimum atomic E-state index is -0.161. The van der Waals surface area contributed by atoms with Crippen LogP contribution in [0.4, 0.5) is 17.1 Å². The summed E-state index contributed by atoms with van der Waals surface area (Å²) in [7, 11) is 0. The molecule has 2 aromatic carbocycles. The van der Waals surface area contributed by atoms with Gasteiger partial charge in [-0.05, 0) is 36.8 Å². The largest absolute Gasteiger partial charge is 0.320 e. The Labute approximate surface area is 128 Å². The lowest BCUT2D eigenvalue weighted by molar-refractivity contribution is 0.102. The Bertz CT molecular complexity index is 782. The lowest BCUT2D eigenvalue weighted by Crippen LogP contribution is -2.12. The fourth-order valence-electron chi connectivity index (χ4n) is 1.84. The molecule has 0 spiro atoms. The van der Waals surface area contributed by atoms with Gasteiger partial charge in [0.05, 0.1) is 17.0 Å². The van der Waals surface area contributed by atoms with E-state index in [0.717, 1.165) is 32.8 Å². The lowest BCUT2D eigenvalue weighted by atomic mass is 10.1. The maximum Gasteiger partial charge on any atom is 0.255 e. The summed E-state index contributed by atoms with van der Waals surface area (Å²) in [5, 5.41) is 2.88. The van der Waals surface area contributed by atoms with E-state index < -0.39 is 0 Å². The van der Waals surface area contributed by atoms with Crippen molar-refractivity contribution < 1.29 is 4.79 Å². The van der Waals surface area contributed by atoms with Crippen LogP contribution in [-0.4, -0.2) is 5.91 Å². The molecular weight excluding hydrogens is 338 g/mol. The van der Waals surface area contributed by atoms with Gasteiger partial charge in [-0.3, -0.25) is 4.79 Å². The summed E-state index contributed by atoms with van der Waals surface area (Å²) in [6.07, 6.45) is 0. The van der Waals surface area contributed by atoms with Gasteiger partial charge in [-0.2, -0.15) is 8.73 Å². The average Bonchev–Trinajstić information content (AvgIpc) is 2.91. The molecule has 1 aliphatic heterocycles. The first-order chi connectivity index (χ1) is 9.65. The van der Waals surface area contributed by atoms with Crippen molar-refractivity contribution in [2.45, 2.75) is 6.92 Å². The predicted octanol–water partition coefficient (Wildman–Crippen LogP) is 4.74. The zero-order valence-corrected chi connectivity index (χ0v) is 13.0. The maximum atomic E-state index is 12.3. The lowest BCUT2D eigenvalue weighted by Gasteiger charge is -2.08. The summed E-state index contributed by atoms with van der Waals surface area (Å²) in [5.74, 6) is -0.161. The first kappa shape index (κ1) is 13.2. The molecule has 2 aromatic rings. The molecule has 1 amide bonds. The number of amides is 1. The highest BCUT2D eigenvalue weighted by atomic mass is 79.9. The summed E-state index contributed by atoms with van der Waals surface area (Å²) in [5.41, 5.74) is 3.88. The van der Waals surface area contributed by atoms with E-state index in [4.69, 9.17) is 0 Å². The normalized spacial score (nSPS) is 11.9. The Kier molecular flexibility index (Phi) is 3.50. The number of hydrogen-bond donors (Lipinski definition) is 1. The monoisotopic (exact) mass is 347 g/mol. The second-order valence-electron chi connectivity index (χ2n) is 4.36. The van der Waals surface area contributed by atoms with Gasteiger partial charge in [0.25, 0.3) is 5.91 Å². The number of benzene rings is 2. The smallest absolute Gasteiger partial charge is 0.255 e. The van der Waals surface area contributed by atoms with E-state index in [1.165, 1.54) is 0 Å². The van der Waals surface area contributed by atoms with E-state index in [1.807, 2.05) is 37.3 Å². The maximum absolute atomic E-state index is 12.3. The Balaban J connectivity index is 1.88. The number of carbonyl (C=O) groups excluding carboxylic acids is 1. The molecule has 4 nitrogen and oxygen atoms in total. The van der Waals surface area contributed by atoms with Gasteiger partial charge < -0.3 is 5.32 Å². The molecule has 100 valence electrons. The zero-order chi connectivity index (χ0) is 14.1. The Hall–Kier alpha value is -1.79. The van der Waals surface area contributed by atoms with Crippen molar-refractivity contribution in [2.75, 3.05) is 5.32 Å². The highest BCUT2D eigenvalue weighted by molar-refractivity contribution is 9.10. The molecule has 0 bridgehead atoms. The van der Waals surface area contributed by atoms with Crippen LogP contribution in [0.5, 0.6) is 0 Å². The number of fused-ring (bicyclic) bond motifs is 1.